The third-order valence-corrected chi connectivity index (χ3v) is 2.16. The summed E-state index contributed by atoms with van der Waals surface area (Å²) in [7, 11) is 0. The summed E-state index contributed by atoms with van der Waals surface area (Å²) in [6.45, 7) is 7.90. The van der Waals surface area contributed by atoms with Gasteiger partial charge in [0.2, 0.25) is 0 Å². The average molecular weight is 131 g/mol. The monoisotopic (exact) mass is 131 g/mol. The van der Waals surface area contributed by atoms with Gasteiger partial charge in [-0.25, -0.2) is 4.89 Å². The van der Waals surface area contributed by atoms with Crippen molar-refractivity contribution in [2.45, 2.75) is 40.2 Å². The molecular formula is C7H15O2. The molecule has 0 N–H and O–H groups in total. The lowest BCUT2D eigenvalue weighted by Gasteiger charge is -2.26. The first-order valence-corrected chi connectivity index (χ1v) is 3.33. The molecule has 2 nitrogen and oxygen atoms in total. The lowest BCUT2D eigenvalue weighted by atomic mass is 9.85. The van der Waals surface area contributed by atoms with E-state index in [4.69, 9.17) is 0 Å². The van der Waals surface area contributed by atoms with Gasteiger partial charge < -0.3 is 0 Å². The molecule has 0 spiro atoms. The Balaban J connectivity index is 3.80. The van der Waals surface area contributed by atoms with Gasteiger partial charge in [0.05, 0.1) is 6.10 Å². The minimum Gasteiger partial charge on any atom is -0.200 e. The van der Waals surface area contributed by atoms with E-state index in [-0.39, 0.29) is 11.5 Å². The van der Waals surface area contributed by atoms with E-state index in [9.17, 15) is 5.26 Å². The minimum absolute atomic E-state index is 0.0156. The second kappa shape index (κ2) is 3.18. The van der Waals surface area contributed by atoms with Gasteiger partial charge >= 0.3 is 0 Å². The van der Waals surface area contributed by atoms with Gasteiger partial charge in [0.25, 0.3) is 0 Å². The normalized spacial score (nSPS) is 15.7. The first-order chi connectivity index (χ1) is 4.04. The van der Waals surface area contributed by atoms with Crippen molar-refractivity contribution in [2.24, 2.45) is 5.41 Å². The van der Waals surface area contributed by atoms with Crippen LogP contribution >= 0.6 is 0 Å². The van der Waals surface area contributed by atoms with Crippen molar-refractivity contribution in [2.75, 3.05) is 0 Å². The third kappa shape index (κ3) is 2.33. The fourth-order valence-electron chi connectivity index (χ4n) is 0.418. The Kier molecular flexibility index (Phi) is 3.15. The van der Waals surface area contributed by atoms with Gasteiger partial charge in [-0.1, -0.05) is 20.8 Å². The summed E-state index contributed by atoms with van der Waals surface area (Å²) >= 11 is 0. The molecule has 0 fully saturated rings. The SMILES string of the molecule is CCC(C)(C)C(C)O[O]. The zero-order chi connectivity index (χ0) is 7.49. The second-order valence-corrected chi connectivity index (χ2v) is 3.08. The first-order valence-electron chi connectivity index (χ1n) is 3.33. The van der Waals surface area contributed by atoms with Crippen LogP contribution in [0.5, 0.6) is 0 Å². The van der Waals surface area contributed by atoms with Crippen LogP contribution in [0, 0.1) is 5.41 Å². The molecule has 0 heterocycles. The van der Waals surface area contributed by atoms with E-state index < -0.39 is 0 Å². The van der Waals surface area contributed by atoms with Crippen molar-refractivity contribution in [3.8, 4) is 0 Å². The lowest BCUT2D eigenvalue weighted by Crippen LogP contribution is -2.27. The fourth-order valence-corrected chi connectivity index (χ4v) is 0.418. The van der Waals surface area contributed by atoms with Crippen LogP contribution in [-0.4, -0.2) is 6.10 Å². The predicted octanol–water partition coefficient (Wildman–Crippen LogP) is 2.17. The van der Waals surface area contributed by atoms with E-state index in [0.717, 1.165) is 6.42 Å². The Hall–Kier alpha value is -0.0800. The van der Waals surface area contributed by atoms with Crippen LogP contribution in [0.3, 0.4) is 0 Å². The Morgan fingerprint density at radius 3 is 2.11 bits per heavy atom. The molecule has 55 valence electrons. The van der Waals surface area contributed by atoms with Gasteiger partial charge in [-0.05, 0) is 24.0 Å². The molecule has 9 heavy (non-hydrogen) atoms. The molecule has 1 unspecified atom stereocenters. The van der Waals surface area contributed by atoms with Crippen LogP contribution in [0.25, 0.3) is 0 Å². The Morgan fingerprint density at radius 2 is 2.00 bits per heavy atom. The number of hydrogen-bond acceptors (Lipinski definition) is 1. The second-order valence-electron chi connectivity index (χ2n) is 3.08. The van der Waals surface area contributed by atoms with E-state index >= 15 is 0 Å². The van der Waals surface area contributed by atoms with E-state index in [1.54, 1.807) is 6.92 Å². The number of rotatable bonds is 3. The van der Waals surface area contributed by atoms with E-state index in [1.807, 2.05) is 13.8 Å². The van der Waals surface area contributed by atoms with Crippen molar-refractivity contribution in [1.29, 1.82) is 0 Å². The third-order valence-electron chi connectivity index (χ3n) is 2.16. The summed E-state index contributed by atoms with van der Waals surface area (Å²) in [4.78, 5) is 3.96. The Morgan fingerprint density at radius 1 is 1.56 bits per heavy atom. The Bertz CT molecular complexity index is 79.0. The zero-order valence-electron chi connectivity index (χ0n) is 6.60. The molecule has 1 radical (unpaired) electrons. The summed E-state index contributed by atoms with van der Waals surface area (Å²) in [6.07, 6.45) is 0.777. The number of hydrogen-bond donors (Lipinski definition) is 0. The van der Waals surface area contributed by atoms with Crippen molar-refractivity contribution >= 4 is 0 Å². The fraction of sp³-hybridized carbons (Fsp3) is 1.00. The minimum atomic E-state index is -0.192. The van der Waals surface area contributed by atoms with Crippen LogP contribution in [0.1, 0.15) is 34.1 Å². The maximum atomic E-state index is 9.94. The highest BCUT2D eigenvalue weighted by atomic mass is 17.1. The molecule has 0 saturated heterocycles. The quantitative estimate of drug-likeness (QED) is 0.426. The van der Waals surface area contributed by atoms with Crippen LogP contribution < -0.4 is 0 Å². The van der Waals surface area contributed by atoms with Gasteiger partial charge in [0.1, 0.15) is 0 Å². The van der Waals surface area contributed by atoms with Crippen molar-refractivity contribution < 1.29 is 10.1 Å². The molecular weight excluding hydrogens is 116 g/mol. The zero-order valence-corrected chi connectivity index (χ0v) is 6.60. The molecule has 0 aliphatic rings. The van der Waals surface area contributed by atoms with E-state index in [0.29, 0.717) is 0 Å². The first kappa shape index (κ1) is 8.92. The van der Waals surface area contributed by atoms with Gasteiger partial charge in [0.15, 0.2) is 0 Å². The standard InChI is InChI=1S/C7H15O2/c1-5-7(3,4)6(2)9-8/h6H,5H2,1-4H3. The van der Waals surface area contributed by atoms with Crippen molar-refractivity contribution in [3.63, 3.8) is 0 Å². The average Bonchev–Trinajstić information content (AvgIpc) is 1.86. The van der Waals surface area contributed by atoms with Crippen molar-refractivity contribution in [3.05, 3.63) is 0 Å². The molecule has 0 rings (SSSR count). The summed E-state index contributed by atoms with van der Waals surface area (Å²) in [6, 6.07) is 0. The Labute approximate surface area is 56.8 Å². The van der Waals surface area contributed by atoms with Gasteiger partial charge in [0, 0.05) is 0 Å². The molecule has 0 bridgehead atoms. The molecule has 0 aromatic heterocycles. The van der Waals surface area contributed by atoms with E-state index in [2.05, 4.69) is 11.8 Å². The maximum Gasteiger partial charge on any atom is 0.0985 e. The molecule has 1 atom stereocenters. The molecule has 0 saturated carbocycles. The van der Waals surface area contributed by atoms with Crippen LogP contribution in [0.4, 0.5) is 0 Å². The predicted molar refractivity (Wildman–Crippen MR) is 35.3 cm³/mol. The van der Waals surface area contributed by atoms with Gasteiger partial charge in [-0.2, -0.15) is 0 Å². The summed E-state index contributed by atoms with van der Waals surface area (Å²) < 4.78 is 0. The van der Waals surface area contributed by atoms with E-state index in [1.165, 1.54) is 0 Å². The summed E-state index contributed by atoms with van der Waals surface area (Å²) in [5, 5.41) is 9.94. The van der Waals surface area contributed by atoms with Crippen LogP contribution in [-0.2, 0) is 10.1 Å². The van der Waals surface area contributed by atoms with Crippen LogP contribution in [0.2, 0.25) is 0 Å². The van der Waals surface area contributed by atoms with Crippen LogP contribution in [0.15, 0.2) is 0 Å². The molecule has 0 amide bonds. The smallest absolute Gasteiger partial charge is 0.0985 e. The summed E-state index contributed by atoms with van der Waals surface area (Å²) in [5.41, 5.74) is 0.0156. The topological polar surface area (TPSA) is 29.1 Å². The van der Waals surface area contributed by atoms with Crippen molar-refractivity contribution in [1.82, 2.24) is 0 Å². The highest BCUT2D eigenvalue weighted by Gasteiger charge is 2.24. The molecule has 0 aromatic carbocycles. The highest BCUT2D eigenvalue weighted by molar-refractivity contribution is 4.72. The summed E-state index contributed by atoms with van der Waals surface area (Å²) in [5.74, 6) is 0. The molecule has 0 aliphatic carbocycles. The van der Waals surface area contributed by atoms with Gasteiger partial charge in [-0.3, -0.25) is 0 Å². The highest BCUT2D eigenvalue weighted by Crippen LogP contribution is 2.25. The maximum absolute atomic E-state index is 9.94. The molecule has 0 aliphatic heterocycles. The molecule has 0 aromatic rings. The lowest BCUT2D eigenvalue weighted by molar-refractivity contribution is -0.349. The molecule has 2 heteroatoms. The van der Waals surface area contributed by atoms with Gasteiger partial charge in [-0.15, -0.1) is 0 Å². The largest absolute Gasteiger partial charge is 0.200 e.